The van der Waals surface area contributed by atoms with Gasteiger partial charge >= 0.3 is 0 Å². The van der Waals surface area contributed by atoms with Gasteiger partial charge < -0.3 is 4.74 Å². The largest absolute Gasteiger partial charge is 0.457 e. The Labute approximate surface area is 271 Å². The van der Waals surface area contributed by atoms with Gasteiger partial charge in [-0.25, -0.2) is 19.9 Å². The molecular weight excluding hydrogens is 580 g/mol. The predicted octanol–water partition coefficient (Wildman–Crippen LogP) is 10.1. The van der Waals surface area contributed by atoms with Crippen LogP contribution in [0.25, 0.3) is 65.9 Å². The van der Waals surface area contributed by atoms with Crippen LogP contribution in [0.5, 0.6) is 11.5 Å². The zero-order chi connectivity index (χ0) is 31.8. The molecule has 7 nitrogen and oxygen atoms in total. The number of hydrogen-bond acceptors (Lipinski definition) is 5. The third kappa shape index (κ3) is 4.19. The number of imidazole rings is 2. The fourth-order valence-electron chi connectivity index (χ4n) is 7.23. The lowest BCUT2D eigenvalue weighted by molar-refractivity contribution is 0.484. The molecule has 228 valence electrons. The van der Waals surface area contributed by atoms with Gasteiger partial charge in [0, 0.05) is 52.5 Å². The zero-order valence-electron chi connectivity index (χ0n) is 26.6. The second-order valence-electron chi connectivity index (χ2n) is 12.9. The second kappa shape index (κ2) is 10.4. The Balaban J connectivity index is 1.20. The Morgan fingerprint density at radius 3 is 1.87 bits per heavy atom. The van der Waals surface area contributed by atoms with Crippen molar-refractivity contribution in [1.82, 2.24) is 28.7 Å². The van der Waals surface area contributed by atoms with Crippen LogP contribution in [0.1, 0.15) is 50.7 Å². The molecule has 0 aliphatic heterocycles. The van der Waals surface area contributed by atoms with Gasteiger partial charge in [0.15, 0.2) is 0 Å². The Kier molecular flexibility index (Phi) is 6.06. The van der Waals surface area contributed by atoms with E-state index in [0.29, 0.717) is 11.8 Å². The maximum Gasteiger partial charge on any atom is 0.149 e. The number of hydrogen-bond donors (Lipinski definition) is 0. The predicted molar refractivity (Wildman–Crippen MR) is 190 cm³/mol. The molecule has 0 radical (unpaired) electrons. The normalized spacial score (nSPS) is 12.2. The Morgan fingerprint density at radius 1 is 0.574 bits per heavy atom. The van der Waals surface area contributed by atoms with Gasteiger partial charge in [-0.05, 0) is 93.4 Å². The molecule has 0 spiro atoms. The Morgan fingerprint density at radius 2 is 1.19 bits per heavy atom. The number of fused-ring (bicyclic) bond motifs is 12. The summed E-state index contributed by atoms with van der Waals surface area (Å²) in [5.41, 5.74) is 9.04. The van der Waals surface area contributed by atoms with Gasteiger partial charge in [0.05, 0.1) is 5.52 Å². The van der Waals surface area contributed by atoms with E-state index in [1.165, 1.54) is 27.6 Å². The van der Waals surface area contributed by atoms with Crippen LogP contribution in [0, 0.1) is 0 Å². The summed E-state index contributed by atoms with van der Waals surface area (Å²) in [6, 6.07) is 26.1. The first kappa shape index (κ1) is 27.5. The van der Waals surface area contributed by atoms with E-state index in [0.717, 1.165) is 60.9 Å². The summed E-state index contributed by atoms with van der Waals surface area (Å²) >= 11 is 0. The van der Waals surface area contributed by atoms with Crippen LogP contribution in [-0.2, 0) is 0 Å². The van der Waals surface area contributed by atoms with Crippen molar-refractivity contribution < 1.29 is 4.74 Å². The highest BCUT2D eigenvalue weighted by atomic mass is 16.5. The van der Waals surface area contributed by atoms with Crippen molar-refractivity contribution in [3.8, 4) is 22.6 Å². The average Bonchev–Trinajstić information content (AvgIpc) is 3.79. The minimum absolute atomic E-state index is 0.415. The first-order valence-corrected chi connectivity index (χ1v) is 16.1. The van der Waals surface area contributed by atoms with Crippen molar-refractivity contribution >= 4 is 54.8 Å². The average molecular weight is 613 g/mol. The minimum atomic E-state index is 0.415. The molecule has 0 unspecified atom stereocenters. The molecule has 0 saturated carbocycles. The van der Waals surface area contributed by atoms with E-state index in [1.54, 1.807) is 12.5 Å². The zero-order valence-corrected chi connectivity index (χ0v) is 26.6. The molecule has 4 aromatic carbocycles. The summed E-state index contributed by atoms with van der Waals surface area (Å²) in [6.45, 7) is 9.11. The third-order valence-electron chi connectivity index (χ3n) is 9.40. The molecule has 9 aromatic rings. The second-order valence-corrected chi connectivity index (χ2v) is 12.9. The van der Waals surface area contributed by atoms with E-state index >= 15 is 0 Å². The fraction of sp³-hybridized carbons (Fsp3) is 0.150. The SMILES string of the molecule is CC(C)c1cccc(C(C)C)c1-c1ccc2c(c1)c1ccc(Oc3ccc4c5cncnc5n5ccnc5c4c3)cc1c1nccn21. The number of benzene rings is 4. The summed E-state index contributed by atoms with van der Waals surface area (Å²) in [4.78, 5) is 18.2. The highest BCUT2D eigenvalue weighted by molar-refractivity contribution is 6.13. The smallest absolute Gasteiger partial charge is 0.149 e. The maximum absolute atomic E-state index is 6.54. The highest BCUT2D eigenvalue weighted by Gasteiger charge is 2.18. The molecule has 9 rings (SSSR count). The van der Waals surface area contributed by atoms with Crippen LogP contribution in [0.2, 0.25) is 0 Å². The molecule has 5 heterocycles. The van der Waals surface area contributed by atoms with E-state index in [4.69, 9.17) is 9.72 Å². The third-order valence-corrected chi connectivity index (χ3v) is 9.40. The first-order chi connectivity index (χ1) is 23.0. The van der Waals surface area contributed by atoms with Crippen LogP contribution >= 0.6 is 0 Å². The molecule has 0 saturated heterocycles. The van der Waals surface area contributed by atoms with Crippen molar-refractivity contribution in [2.24, 2.45) is 0 Å². The Bertz CT molecular complexity index is 2660. The molecule has 0 amide bonds. The lowest BCUT2D eigenvalue weighted by Gasteiger charge is -2.21. The van der Waals surface area contributed by atoms with Crippen LogP contribution in [0.4, 0.5) is 0 Å². The lowest BCUT2D eigenvalue weighted by Crippen LogP contribution is -2.00. The van der Waals surface area contributed by atoms with Crippen LogP contribution in [0.15, 0.2) is 110 Å². The van der Waals surface area contributed by atoms with E-state index in [-0.39, 0.29) is 0 Å². The summed E-state index contributed by atoms with van der Waals surface area (Å²) in [5.74, 6) is 2.30. The molecule has 0 N–H and O–H groups in total. The molecule has 0 atom stereocenters. The molecule has 5 aromatic heterocycles. The fourth-order valence-corrected chi connectivity index (χ4v) is 7.23. The van der Waals surface area contributed by atoms with Crippen molar-refractivity contribution in [1.29, 1.82) is 0 Å². The van der Waals surface area contributed by atoms with Gasteiger partial charge in [-0.1, -0.05) is 52.0 Å². The van der Waals surface area contributed by atoms with E-state index in [1.807, 2.05) is 41.3 Å². The lowest BCUT2D eigenvalue weighted by atomic mass is 9.84. The van der Waals surface area contributed by atoms with Gasteiger partial charge in [0.1, 0.15) is 34.8 Å². The van der Waals surface area contributed by atoms with E-state index < -0.39 is 0 Å². The molecule has 47 heavy (non-hydrogen) atoms. The standard InChI is InChI=1S/C40H32N6O/c1-23(2)28-6-5-7-29(24(3)4)37(28)25-8-13-36-32(18-25)30-11-9-26(19-33(30)38-42-14-16-45(36)38)47-27-10-12-31-34(20-27)39-43-15-17-46(39)40-35(31)21-41-22-44-40/h5-24H,1-4H3. The molecule has 0 aliphatic rings. The number of aromatic nitrogens is 6. The van der Waals surface area contributed by atoms with Gasteiger partial charge in [-0.2, -0.15) is 0 Å². The quantitative estimate of drug-likeness (QED) is 0.181. The number of ether oxygens (including phenoxy) is 1. The number of pyridine rings is 2. The molecule has 0 fully saturated rings. The maximum atomic E-state index is 6.54. The van der Waals surface area contributed by atoms with Crippen LogP contribution in [-0.4, -0.2) is 28.7 Å². The Hall–Kier alpha value is -5.82. The molecular formula is C40H32N6O. The number of rotatable bonds is 5. The minimum Gasteiger partial charge on any atom is -0.457 e. The highest BCUT2D eigenvalue weighted by Crippen LogP contribution is 2.40. The molecule has 0 aliphatic carbocycles. The van der Waals surface area contributed by atoms with Gasteiger partial charge in [-0.15, -0.1) is 0 Å². The topological polar surface area (TPSA) is 69.6 Å². The van der Waals surface area contributed by atoms with E-state index in [9.17, 15) is 0 Å². The first-order valence-electron chi connectivity index (χ1n) is 16.1. The van der Waals surface area contributed by atoms with Crippen molar-refractivity contribution in [3.05, 3.63) is 121 Å². The van der Waals surface area contributed by atoms with Gasteiger partial charge in [0.2, 0.25) is 0 Å². The van der Waals surface area contributed by atoms with Gasteiger partial charge in [0.25, 0.3) is 0 Å². The summed E-state index contributed by atoms with van der Waals surface area (Å²) < 4.78 is 10.7. The van der Waals surface area contributed by atoms with E-state index in [2.05, 4.69) is 108 Å². The van der Waals surface area contributed by atoms with Crippen molar-refractivity contribution in [3.63, 3.8) is 0 Å². The number of nitrogens with zero attached hydrogens (tertiary/aromatic N) is 6. The summed E-state index contributed by atoms with van der Waals surface area (Å²) in [6.07, 6.45) is 11.1. The monoisotopic (exact) mass is 612 g/mol. The van der Waals surface area contributed by atoms with Crippen molar-refractivity contribution in [2.75, 3.05) is 0 Å². The van der Waals surface area contributed by atoms with Gasteiger partial charge in [-0.3, -0.25) is 8.80 Å². The summed E-state index contributed by atoms with van der Waals surface area (Å²) in [5, 5.41) is 6.35. The van der Waals surface area contributed by atoms with Crippen LogP contribution in [0.3, 0.4) is 0 Å². The summed E-state index contributed by atoms with van der Waals surface area (Å²) in [7, 11) is 0. The molecule has 0 bridgehead atoms. The van der Waals surface area contributed by atoms with Crippen molar-refractivity contribution in [2.45, 2.75) is 39.5 Å². The van der Waals surface area contributed by atoms with Crippen LogP contribution < -0.4 is 4.74 Å². The molecule has 7 heteroatoms.